The SMILES string of the molecule is C=C1NC2CSC(CCCCC(=O)C(C)C)C2N1. The topological polar surface area (TPSA) is 41.1 Å². The molecule has 0 aliphatic carbocycles. The summed E-state index contributed by atoms with van der Waals surface area (Å²) in [6.07, 6.45) is 4.16. The highest BCUT2D eigenvalue weighted by molar-refractivity contribution is 8.00. The molecule has 102 valence electrons. The molecule has 2 fully saturated rings. The molecule has 2 aliphatic rings. The molecule has 0 saturated carbocycles. The average Bonchev–Trinajstić information content (AvgIpc) is 2.84. The number of Topliss-reactive ketones (excluding diaryl/α,β-unsaturated/α-hetero) is 1. The molecule has 2 N–H and O–H groups in total. The van der Waals surface area contributed by atoms with Gasteiger partial charge >= 0.3 is 0 Å². The molecule has 0 aromatic carbocycles. The van der Waals surface area contributed by atoms with E-state index in [2.05, 4.69) is 29.0 Å². The largest absolute Gasteiger partial charge is 0.367 e. The molecule has 0 radical (unpaired) electrons. The van der Waals surface area contributed by atoms with Gasteiger partial charge in [0, 0.05) is 23.3 Å². The van der Waals surface area contributed by atoms with Crippen LogP contribution < -0.4 is 10.6 Å². The molecule has 18 heavy (non-hydrogen) atoms. The lowest BCUT2D eigenvalue weighted by Gasteiger charge is -2.17. The quantitative estimate of drug-likeness (QED) is 0.725. The van der Waals surface area contributed by atoms with Crippen molar-refractivity contribution in [2.45, 2.75) is 56.9 Å². The summed E-state index contributed by atoms with van der Waals surface area (Å²) in [7, 11) is 0. The molecule has 3 unspecified atom stereocenters. The zero-order valence-electron chi connectivity index (χ0n) is 11.4. The number of hydrogen-bond acceptors (Lipinski definition) is 4. The zero-order valence-corrected chi connectivity index (χ0v) is 12.2. The summed E-state index contributed by atoms with van der Waals surface area (Å²) in [5, 5.41) is 7.51. The van der Waals surface area contributed by atoms with Crippen LogP contribution in [0.2, 0.25) is 0 Å². The summed E-state index contributed by atoms with van der Waals surface area (Å²) in [5.74, 6) is 2.75. The number of carbonyl (C=O) groups is 1. The minimum Gasteiger partial charge on any atom is -0.367 e. The molecule has 2 rings (SSSR count). The van der Waals surface area contributed by atoms with E-state index < -0.39 is 0 Å². The standard InChI is InChI=1S/C14H24N2OS/c1-9(2)12(17)6-4-5-7-13-14-11(8-18-13)15-10(3)16-14/h9,11,13-16H,3-8H2,1-2H3. The summed E-state index contributed by atoms with van der Waals surface area (Å²) < 4.78 is 0. The molecule has 4 heteroatoms. The van der Waals surface area contributed by atoms with Crippen molar-refractivity contribution in [1.29, 1.82) is 0 Å². The van der Waals surface area contributed by atoms with Crippen molar-refractivity contribution in [1.82, 2.24) is 10.6 Å². The van der Waals surface area contributed by atoms with E-state index in [9.17, 15) is 4.79 Å². The lowest BCUT2D eigenvalue weighted by molar-refractivity contribution is -0.122. The first kappa shape index (κ1) is 13.8. The van der Waals surface area contributed by atoms with Gasteiger partial charge in [-0.1, -0.05) is 26.8 Å². The Morgan fingerprint density at radius 3 is 2.94 bits per heavy atom. The highest BCUT2D eigenvalue weighted by Crippen LogP contribution is 2.34. The minimum atomic E-state index is 0.194. The van der Waals surface area contributed by atoms with Crippen LogP contribution in [0.25, 0.3) is 0 Å². The zero-order chi connectivity index (χ0) is 13.1. The van der Waals surface area contributed by atoms with Crippen LogP contribution in [0.4, 0.5) is 0 Å². The molecule has 0 amide bonds. The van der Waals surface area contributed by atoms with Gasteiger partial charge in [0.1, 0.15) is 5.78 Å². The van der Waals surface area contributed by atoms with Crippen LogP contribution in [0.5, 0.6) is 0 Å². The highest BCUT2D eigenvalue weighted by atomic mass is 32.2. The van der Waals surface area contributed by atoms with Crippen LogP contribution >= 0.6 is 11.8 Å². The fourth-order valence-corrected chi connectivity index (χ4v) is 4.23. The van der Waals surface area contributed by atoms with Crippen molar-refractivity contribution < 1.29 is 4.79 Å². The molecule has 0 aromatic heterocycles. The predicted molar refractivity (Wildman–Crippen MR) is 77.5 cm³/mol. The van der Waals surface area contributed by atoms with Gasteiger partial charge in [-0.2, -0.15) is 11.8 Å². The van der Waals surface area contributed by atoms with Crippen molar-refractivity contribution in [2.24, 2.45) is 5.92 Å². The second-order valence-corrected chi connectivity index (χ2v) is 6.91. The van der Waals surface area contributed by atoms with E-state index in [1.54, 1.807) is 0 Å². The van der Waals surface area contributed by atoms with Crippen LogP contribution in [0.15, 0.2) is 12.4 Å². The molecular formula is C14H24N2OS. The van der Waals surface area contributed by atoms with Gasteiger partial charge < -0.3 is 10.6 Å². The number of rotatable bonds is 6. The number of fused-ring (bicyclic) bond motifs is 1. The van der Waals surface area contributed by atoms with E-state index in [4.69, 9.17) is 0 Å². The van der Waals surface area contributed by atoms with Crippen LogP contribution in [-0.4, -0.2) is 28.9 Å². The molecule has 2 heterocycles. The number of hydrogen-bond donors (Lipinski definition) is 2. The van der Waals surface area contributed by atoms with Crippen molar-refractivity contribution in [3.8, 4) is 0 Å². The van der Waals surface area contributed by atoms with E-state index >= 15 is 0 Å². The van der Waals surface area contributed by atoms with E-state index in [0.29, 0.717) is 23.1 Å². The van der Waals surface area contributed by atoms with Crippen molar-refractivity contribution in [3.05, 3.63) is 12.4 Å². The molecule has 2 aliphatic heterocycles. The van der Waals surface area contributed by atoms with Gasteiger partial charge in [-0.25, -0.2) is 0 Å². The molecule has 3 nitrogen and oxygen atoms in total. The van der Waals surface area contributed by atoms with Crippen LogP contribution in [0.1, 0.15) is 39.5 Å². The van der Waals surface area contributed by atoms with Gasteiger partial charge in [0.15, 0.2) is 0 Å². The van der Waals surface area contributed by atoms with Gasteiger partial charge in [-0.3, -0.25) is 4.79 Å². The van der Waals surface area contributed by atoms with Gasteiger partial charge in [0.2, 0.25) is 0 Å². The van der Waals surface area contributed by atoms with E-state index in [-0.39, 0.29) is 5.92 Å². The summed E-state index contributed by atoms with van der Waals surface area (Å²) in [6, 6.07) is 1.10. The monoisotopic (exact) mass is 268 g/mol. The fraction of sp³-hybridized carbons (Fsp3) is 0.786. The third-order valence-corrected chi connectivity index (χ3v) is 5.34. The van der Waals surface area contributed by atoms with Crippen molar-refractivity contribution >= 4 is 17.5 Å². The number of carbonyl (C=O) groups excluding carboxylic acids is 1. The predicted octanol–water partition coefficient (Wildman–Crippen LogP) is 2.29. The number of ketones is 1. The maximum atomic E-state index is 11.5. The van der Waals surface area contributed by atoms with E-state index in [1.165, 1.54) is 12.2 Å². The Morgan fingerprint density at radius 2 is 2.22 bits per heavy atom. The maximum absolute atomic E-state index is 11.5. The van der Waals surface area contributed by atoms with Gasteiger partial charge in [-0.05, 0) is 12.8 Å². The number of nitrogens with one attached hydrogen (secondary N) is 2. The molecule has 0 aromatic rings. The second-order valence-electron chi connectivity index (χ2n) is 5.64. The van der Waals surface area contributed by atoms with E-state index in [1.807, 2.05) is 13.8 Å². The van der Waals surface area contributed by atoms with Crippen LogP contribution in [0.3, 0.4) is 0 Å². The third kappa shape index (κ3) is 3.22. The minimum absolute atomic E-state index is 0.194. The summed E-state index contributed by atoms with van der Waals surface area (Å²) in [4.78, 5) is 11.5. The Bertz CT molecular complexity index is 330. The Kier molecular flexibility index (Phi) is 4.60. The number of unbranched alkanes of at least 4 members (excludes halogenated alkanes) is 1. The first-order chi connectivity index (χ1) is 8.58. The molecule has 2 saturated heterocycles. The van der Waals surface area contributed by atoms with Crippen molar-refractivity contribution in [3.63, 3.8) is 0 Å². The van der Waals surface area contributed by atoms with Gasteiger partial charge in [0.25, 0.3) is 0 Å². The molecule has 3 atom stereocenters. The smallest absolute Gasteiger partial charge is 0.135 e. The average molecular weight is 268 g/mol. The molecule has 0 spiro atoms. The Labute approximate surface area is 114 Å². The molecular weight excluding hydrogens is 244 g/mol. The van der Waals surface area contributed by atoms with Crippen molar-refractivity contribution in [2.75, 3.05) is 5.75 Å². The second kappa shape index (κ2) is 6.00. The Balaban J connectivity index is 1.66. The van der Waals surface area contributed by atoms with Gasteiger partial charge in [0.05, 0.1) is 17.9 Å². The van der Waals surface area contributed by atoms with Crippen LogP contribution in [-0.2, 0) is 4.79 Å². The van der Waals surface area contributed by atoms with E-state index in [0.717, 1.165) is 25.1 Å². The highest BCUT2D eigenvalue weighted by Gasteiger charge is 2.40. The Hall–Kier alpha value is -0.640. The normalized spacial score (nSPS) is 30.2. The fourth-order valence-electron chi connectivity index (χ4n) is 2.68. The summed E-state index contributed by atoms with van der Waals surface area (Å²) >= 11 is 2.05. The first-order valence-electron chi connectivity index (χ1n) is 6.94. The summed E-state index contributed by atoms with van der Waals surface area (Å²) in [5.41, 5.74) is 0. The maximum Gasteiger partial charge on any atom is 0.135 e. The Morgan fingerprint density at radius 1 is 1.44 bits per heavy atom. The van der Waals surface area contributed by atoms with Gasteiger partial charge in [-0.15, -0.1) is 0 Å². The molecule has 0 bridgehead atoms. The van der Waals surface area contributed by atoms with Crippen LogP contribution in [0, 0.1) is 5.92 Å². The third-order valence-electron chi connectivity index (χ3n) is 3.83. The summed E-state index contributed by atoms with van der Waals surface area (Å²) in [6.45, 7) is 7.91. The number of thioether (sulfide) groups is 1. The lowest BCUT2D eigenvalue weighted by Crippen LogP contribution is -2.36. The lowest BCUT2D eigenvalue weighted by atomic mass is 10.00. The first-order valence-corrected chi connectivity index (χ1v) is 7.99.